The van der Waals surface area contributed by atoms with Crippen molar-refractivity contribution in [1.82, 2.24) is 0 Å². The monoisotopic (exact) mass is 354 g/mol. The normalized spacial score (nSPS) is 10.6. The lowest BCUT2D eigenvalue weighted by Gasteiger charge is -2.12. The van der Waals surface area contributed by atoms with Crippen molar-refractivity contribution in [3.05, 3.63) is 64.7 Å². The van der Waals surface area contributed by atoms with Gasteiger partial charge in [0.15, 0.2) is 12.4 Å². The van der Waals surface area contributed by atoms with Crippen LogP contribution in [0, 0.1) is 13.8 Å². The van der Waals surface area contributed by atoms with E-state index in [2.05, 4.69) is 4.74 Å². The van der Waals surface area contributed by atoms with Gasteiger partial charge in [0.1, 0.15) is 11.5 Å². The molecule has 0 unspecified atom stereocenters. The van der Waals surface area contributed by atoms with E-state index in [1.165, 1.54) is 13.2 Å². The molecule has 0 saturated heterocycles. The fourth-order valence-corrected chi connectivity index (χ4v) is 2.54. The first-order valence-corrected chi connectivity index (χ1v) is 8.12. The maximum atomic E-state index is 12.3. The number of benzene rings is 2. The Balaban J connectivity index is 2.15. The molecule has 2 aromatic rings. The molecule has 0 spiro atoms. The second kappa shape index (κ2) is 8.85. The quantitative estimate of drug-likeness (QED) is 0.430. The summed E-state index contributed by atoms with van der Waals surface area (Å²) in [5.41, 5.74) is 3.19. The Hall–Kier alpha value is -3.08. The number of aryl methyl sites for hydroxylation is 2. The lowest BCUT2D eigenvalue weighted by Crippen LogP contribution is -2.13. The highest BCUT2D eigenvalue weighted by Gasteiger charge is 2.09. The molecule has 26 heavy (non-hydrogen) atoms. The molecule has 0 amide bonds. The minimum atomic E-state index is -0.434. The van der Waals surface area contributed by atoms with Crippen LogP contribution in [0.3, 0.4) is 0 Å². The predicted octanol–water partition coefficient (Wildman–Crippen LogP) is 3.76. The number of rotatable bonds is 7. The number of carbonyl (C=O) groups excluding carboxylic acids is 2. The third-order valence-corrected chi connectivity index (χ3v) is 3.83. The number of hydrogen-bond acceptors (Lipinski definition) is 5. The molecular formula is C21H22O5. The first kappa shape index (κ1) is 19.2. The van der Waals surface area contributed by atoms with Crippen molar-refractivity contribution in [2.24, 2.45) is 0 Å². The molecule has 0 saturated carbocycles. The zero-order valence-corrected chi connectivity index (χ0v) is 15.4. The van der Waals surface area contributed by atoms with Gasteiger partial charge in [-0.05, 0) is 60.9 Å². The van der Waals surface area contributed by atoms with Crippen molar-refractivity contribution in [2.75, 3.05) is 20.8 Å². The zero-order valence-electron chi connectivity index (χ0n) is 15.4. The molecule has 0 heterocycles. The van der Waals surface area contributed by atoms with E-state index in [1.807, 2.05) is 26.0 Å². The van der Waals surface area contributed by atoms with Gasteiger partial charge in [0, 0.05) is 5.56 Å². The summed E-state index contributed by atoms with van der Waals surface area (Å²) in [6.45, 7) is 3.64. The van der Waals surface area contributed by atoms with Crippen LogP contribution in [0.2, 0.25) is 0 Å². The van der Waals surface area contributed by atoms with Crippen LogP contribution in [-0.2, 0) is 9.53 Å². The van der Waals surface area contributed by atoms with E-state index in [0.29, 0.717) is 17.1 Å². The summed E-state index contributed by atoms with van der Waals surface area (Å²) in [5.74, 6) is 0.747. The molecule has 0 bridgehead atoms. The molecule has 0 N–H and O–H groups in total. The van der Waals surface area contributed by atoms with Gasteiger partial charge in [-0.3, -0.25) is 4.79 Å². The Bertz CT molecular complexity index is 813. The van der Waals surface area contributed by atoms with E-state index in [9.17, 15) is 9.59 Å². The fraction of sp³-hybridized carbons (Fsp3) is 0.238. The Morgan fingerprint density at radius 3 is 2.35 bits per heavy atom. The van der Waals surface area contributed by atoms with Crippen LogP contribution in [-0.4, -0.2) is 32.6 Å². The van der Waals surface area contributed by atoms with Gasteiger partial charge >= 0.3 is 5.97 Å². The molecular weight excluding hydrogens is 332 g/mol. The van der Waals surface area contributed by atoms with Crippen molar-refractivity contribution in [3.63, 3.8) is 0 Å². The summed E-state index contributed by atoms with van der Waals surface area (Å²) in [6, 6.07) is 10.8. The fourth-order valence-electron chi connectivity index (χ4n) is 2.54. The van der Waals surface area contributed by atoms with E-state index < -0.39 is 5.97 Å². The Morgan fingerprint density at radius 1 is 1.04 bits per heavy atom. The molecule has 2 aromatic carbocycles. The van der Waals surface area contributed by atoms with E-state index in [-0.39, 0.29) is 12.4 Å². The van der Waals surface area contributed by atoms with Gasteiger partial charge < -0.3 is 14.2 Å². The van der Waals surface area contributed by atoms with Crippen molar-refractivity contribution < 1.29 is 23.8 Å². The highest BCUT2D eigenvalue weighted by Crippen LogP contribution is 2.25. The molecule has 0 aromatic heterocycles. The summed E-state index contributed by atoms with van der Waals surface area (Å²) < 4.78 is 15.2. The van der Waals surface area contributed by atoms with E-state index in [1.54, 1.807) is 37.5 Å². The first-order chi connectivity index (χ1) is 12.4. The number of methoxy groups -OCH3 is 2. The first-order valence-electron chi connectivity index (χ1n) is 8.12. The molecule has 2 rings (SSSR count). The molecule has 0 fully saturated rings. The van der Waals surface area contributed by atoms with Crippen LogP contribution < -0.4 is 9.47 Å². The lowest BCUT2D eigenvalue weighted by atomic mass is 10.0. The van der Waals surface area contributed by atoms with Crippen LogP contribution in [0.15, 0.2) is 42.5 Å². The zero-order chi connectivity index (χ0) is 19.1. The molecule has 0 aliphatic rings. The van der Waals surface area contributed by atoms with Gasteiger partial charge in [-0.15, -0.1) is 0 Å². The highest BCUT2D eigenvalue weighted by molar-refractivity contribution is 6.07. The average molecular weight is 354 g/mol. The van der Waals surface area contributed by atoms with Crippen LogP contribution in [0.25, 0.3) is 6.08 Å². The SMILES string of the molecule is COC(=O)COc1c(C)cc(/C=C/C(=O)c2cccc(OC)c2)cc1C. The van der Waals surface area contributed by atoms with Gasteiger partial charge in [-0.25, -0.2) is 4.79 Å². The molecule has 5 heteroatoms. The summed E-state index contributed by atoms with van der Waals surface area (Å²) in [4.78, 5) is 23.5. The van der Waals surface area contributed by atoms with Gasteiger partial charge in [-0.2, -0.15) is 0 Å². The molecule has 0 atom stereocenters. The summed E-state index contributed by atoms with van der Waals surface area (Å²) in [5, 5.41) is 0. The number of esters is 1. The maximum absolute atomic E-state index is 12.3. The third kappa shape index (κ3) is 4.96. The van der Waals surface area contributed by atoms with Crippen molar-refractivity contribution >= 4 is 17.8 Å². The molecule has 0 aliphatic heterocycles. The van der Waals surface area contributed by atoms with Gasteiger partial charge in [0.25, 0.3) is 0 Å². The number of ether oxygens (including phenoxy) is 3. The molecule has 0 aliphatic carbocycles. The Labute approximate surface area is 153 Å². The minimum absolute atomic E-state index is 0.106. The number of hydrogen-bond donors (Lipinski definition) is 0. The molecule has 136 valence electrons. The topological polar surface area (TPSA) is 61.8 Å². The van der Waals surface area contributed by atoms with Crippen LogP contribution in [0.1, 0.15) is 27.0 Å². The Kier molecular flexibility index (Phi) is 6.55. The number of ketones is 1. The minimum Gasteiger partial charge on any atom is -0.497 e. The Morgan fingerprint density at radius 2 is 1.73 bits per heavy atom. The predicted molar refractivity (Wildman–Crippen MR) is 99.8 cm³/mol. The van der Waals surface area contributed by atoms with Gasteiger partial charge in [-0.1, -0.05) is 18.2 Å². The van der Waals surface area contributed by atoms with Crippen LogP contribution in [0.5, 0.6) is 11.5 Å². The molecule has 0 radical (unpaired) electrons. The number of allylic oxidation sites excluding steroid dienone is 1. The average Bonchev–Trinajstić information content (AvgIpc) is 2.65. The smallest absolute Gasteiger partial charge is 0.343 e. The maximum Gasteiger partial charge on any atom is 0.343 e. The second-order valence-electron chi connectivity index (χ2n) is 5.78. The van der Waals surface area contributed by atoms with Gasteiger partial charge in [0.05, 0.1) is 14.2 Å². The van der Waals surface area contributed by atoms with E-state index in [0.717, 1.165) is 16.7 Å². The molecule has 5 nitrogen and oxygen atoms in total. The van der Waals surface area contributed by atoms with Gasteiger partial charge in [0.2, 0.25) is 0 Å². The van der Waals surface area contributed by atoms with E-state index >= 15 is 0 Å². The van der Waals surface area contributed by atoms with Crippen molar-refractivity contribution in [1.29, 1.82) is 0 Å². The number of carbonyl (C=O) groups is 2. The standard InChI is InChI=1S/C21H22O5/c1-14-10-16(11-15(2)21(14)26-13-20(23)25-4)8-9-19(22)17-6-5-7-18(12-17)24-3/h5-12H,13H2,1-4H3/b9-8+. The third-order valence-electron chi connectivity index (χ3n) is 3.83. The van der Waals surface area contributed by atoms with Crippen molar-refractivity contribution in [2.45, 2.75) is 13.8 Å². The largest absolute Gasteiger partial charge is 0.497 e. The summed E-state index contributed by atoms with van der Waals surface area (Å²) >= 11 is 0. The lowest BCUT2D eigenvalue weighted by molar-refractivity contribution is -0.142. The highest BCUT2D eigenvalue weighted by atomic mass is 16.6. The van der Waals surface area contributed by atoms with Crippen molar-refractivity contribution in [3.8, 4) is 11.5 Å². The summed E-state index contributed by atoms with van der Waals surface area (Å²) in [6.07, 6.45) is 3.28. The van der Waals surface area contributed by atoms with E-state index in [4.69, 9.17) is 9.47 Å². The van der Waals surface area contributed by atoms with Crippen LogP contribution in [0.4, 0.5) is 0 Å². The second-order valence-corrected chi connectivity index (χ2v) is 5.78. The van der Waals surface area contributed by atoms with Crippen LogP contribution >= 0.6 is 0 Å². The summed E-state index contributed by atoms with van der Waals surface area (Å²) in [7, 11) is 2.88.